The summed E-state index contributed by atoms with van der Waals surface area (Å²) in [6.07, 6.45) is 2.82. The highest BCUT2D eigenvalue weighted by Crippen LogP contribution is 2.40. The summed E-state index contributed by atoms with van der Waals surface area (Å²) in [7, 11) is 0. The summed E-state index contributed by atoms with van der Waals surface area (Å²) in [5.41, 5.74) is 0.734. The molecule has 1 N–H and O–H groups in total. The van der Waals surface area contributed by atoms with Gasteiger partial charge in [-0.15, -0.1) is 12.4 Å². The SMILES string of the molecule is Cl.O=C1N(Cc2cccc(F)c2)CCC12CCNCC2. The van der Waals surface area contributed by atoms with Crippen LogP contribution in [-0.2, 0) is 11.3 Å². The number of halogens is 2. The van der Waals surface area contributed by atoms with Crippen LogP contribution in [0.25, 0.3) is 0 Å². The Morgan fingerprint density at radius 3 is 2.70 bits per heavy atom. The van der Waals surface area contributed by atoms with Gasteiger partial charge in [-0.25, -0.2) is 4.39 Å². The molecule has 0 bridgehead atoms. The van der Waals surface area contributed by atoms with E-state index in [1.807, 2.05) is 11.0 Å². The van der Waals surface area contributed by atoms with E-state index >= 15 is 0 Å². The molecule has 2 saturated heterocycles. The van der Waals surface area contributed by atoms with E-state index in [1.165, 1.54) is 12.1 Å². The zero-order valence-corrected chi connectivity index (χ0v) is 12.2. The molecule has 0 radical (unpaired) electrons. The summed E-state index contributed by atoms with van der Waals surface area (Å²) < 4.78 is 13.2. The lowest BCUT2D eigenvalue weighted by Crippen LogP contribution is -2.42. The van der Waals surface area contributed by atoms with E-state index in [2.05, 4.69) is 5.32 Å². The molecule has 3 nitrogen and oxygen atoms in total. The number of carbonyl (C=O) groups excluding carboxylic acids is 1. The number of nitrogens with one attached hydrogen (secondary N) is 1. The van der Waals surface area contributed by atoms with Gasteiger partial charge in [0.25, 0.3) is 0 Å². The van der Waals surface area contributed by atoms with Gasteiger partial charge in [0.15, 0.2) is 0 Å². The van der Waals surface area contributed by atoms with Gasteiger partial charge in [-0.2, -0.15) is 0 Å². The van der Waals surface area contributed by atoms with Crippen molar-refractivity contribution in [1.82, 2.24) is 10.2 Å². The quantitative estimate of drug-likeness (QED) is 0.909. The molecule has 110 valence electrons. The maximum atomic E-state index is 13.2. The van der Waals surface area contributed by atoms with Crippen LogP contribution in [0.5, 0.6) is 0 Å². The second kappa shape index (κ2) is 6.10. The Hall–Kier alpha value is -1.13. The maximum Gasteiger partial charge on any atom is 0.229 e. The van der Waals surface area contributed by atoms with E-state index in [1.54, 1.807) is 6.07 Å². The normalized spacial score (nSPS) is 21.1. The average molecular weight is 299 g/mol. The largest absolute Gasteiger partial charge is 0.338 e. The molecule has 1 aromatic rings. The molecule has 5 heteroatoms. The monoisotopic (exact) mass is 298 g/mol. The zero-order valence-electron chi connectivity index (χ0n) is 11.4. The zero-order chi connectivity index (χ0) is 13.3. The second-order valence-electron chi connectivity index (χ2n) is 5.64. The van der Waals surface area contributed by atoms with Gasteiger partial charge in [0, 0.05) is 13.1 Å². The lowest BCUT2D eigenvalue weighted by molar-refractivity contribution is -0.137. The molecule has 2 aliphatic rings. The highest BCUT2D eigenvalue weighted by atomic mass is 35.5. The predicted octanol–water partition coefficient (Wildman–Crippen LogP) is 2.35. The van der Waals surface area contributed by atoms with E-state index in [9.17, 15) is 9.18 Å². The first-order valence-corrected chi connectivity index (χ1v) is 6.94. The van der Waals surface area contributed by atoms with E-state index in [0.717, 1.165) is 44.5 Å². The summed E-state index contributed by atoms with van der Waals surface area (Å²) in [6.45, 7) is 3.19. The molecule has 3 rings (SSSR count). The lowest BCUT2D eigenvalue weighted by atomic mass is 9.78. The minimum Gasteiger partial charge on any atom is -0.338 e. The molecule has 0 unspecified atom stereocenters. The Balaban J connectivity index is 0.00000147. The molecule has 1 aromatic carbocycles. The van der Waals surface area contributed by atoms with Crippen LogP contribution in [0.4, 0.5) is 4.39 Å². The third kappa shape index (κ3) is 2.81. The van der Waals surface area contributed by atoms with Crippen molar-refractivity contribution in [2.75, 3.05) is 19.6 Å². The fourth-order valence-electron chi connectivity index (χ4n) is 3.27. The molecule has 2 aliphatic heterocycles. The number of benzene rings is 1. The Kier molecular flexibility index (Phi) is 4.66. The second-order valence-corrected chi connectivity index (χ2v) is 5.64. The fourth-order valence-corrected chi connectivity index (χ4v) is 3.27. The number of piperidine rings is 1. The van der Waals surface area contributed by atoms with Gasteiger partial charge < -0.3 is 10.2 Å². The van der Waals surface area contributed by atoms with Crippen LogP contribution in [0.3, 0.4) is 0 Å². The lowest BCUT2D eigenvalue weighted by Gasteiger charge is -2.32. The molecular formula is C15H20ClFN2O. The van der Waals surface area contributed by atoms with E-state index in [4.69, 9.17) is 0 Å². The number of carbonyl (C=O) groups is 1. The molecule has 0 atom stereocenters. The van der Waals surface area contributed by atoms with Crippen LogP contribution < -0.4 is 5.32 Å². The summed E-state index contributed by atoms with van der Waals surface area (Å²) in [5.74, 6) is 0.0268. The van der Waals surface area contributed by atoms with Crippen LogP contribution in [0.1, 0.15) is 24.8 Å². The van der Waals surface area contributed by atoms with Gasteiger partial charge >= 0.3 is 0 Å². The van der Waals surface area contributed by atoms with Crippen LogP contribution in [-0.4, -0.2) is 30.4 Å². The minimum absolute atomic E-state index is 0. The first-order valence-electron chi connectivity index (χ1n) is 6.94. The Labute approximate surface area is 124 Å². The van der Waals surface area contributed by atoms with Crippen LogP contribution in [0.15, 0.2) is 24.3 Å². The maximum absolute atomic E-state index is 13.2. The fraction of sp³-hybridized carbons (Fsp3) is 0.533. The van der Waals surface area contributed by atoms with Crippen LogP contribution >= 0.6 is 12.4 Å². The number of hydrogen-bond acceptors (Lipinski definition) is 2. The third-order valence-corrected chi connectivity index (χ3v) is 4.42. The summed E-state index contributed by atoms with van der Waals surface area (Å²) in [4.78, 5) is 14.5. The van der Waals surface area contributed by atoms with Crippen molar-refractivity contribution in [3.05, 3.63) is 35.6 Å². The highest BCUT2D eigenvalue weighted by Gasteiger charge is 2.46. The van der Waals surface area contributed by atoms with Crippen molar-refractivity contribution in [3.8, 4) is 0 Å². The minimum atomic E-state index is -0.235. The molecule has 0 aromatic heterocycles. The Bertz CT molecular complexity index is 489. The van der Waals surface area contributed by atoms with Gasteiger partial charge in [-0.05, 0) is 50.0 Å². The van der Waals surface area contributed by atoms with Crippen molar-refractivity contribution < 1.29 is 9.18 Å². The molecule has 1 amide bonds. The van der Waals surface area contributed by atoms with Gasteiger partial charge in [0.1, 0.15) is 5.82 Å². The van der Waals surface area contributed by atoms with Crippen LogP contribution in [0.2, 0.25) is 0 Å². The molecular weight excluding hydrogens is 279 g/mol. The molecule has 2 fully saturated rings. The van der Waals surface area contributed by atoms with E-state index in [0.29, 0.717) is 6.54 Å². The Morgan fingerprint density at radius 1 is 1.25 bits per heavy atom. The standard InChI is InChI=1S/C15H19FN2O.ClH/c16-13-3-1-2-12(10-13)11-18-9-6-15(14(18)19)4-7-17-8-5-15;/h1-3,10,17H,4-9,11H2;1H. The molecule has 0 aliphatic carbocycles. The van der Waals surface area contributed by atoms with Crippen molar-refractivity contribution in [3.63, 3.8) is 0 Å². The first kappa shape index (κ1) is 15.3. The third-order valence-electron chi connectivity index (χ3n) is 4.42. The Morgan fingerprint density at radius 2 is 2.00 bits per heavy atom. The molecule has 0 saturated carbocycles. The van der Waals surface area contributed by atoms with Gasteiger partial charge in [-0.3, -0.25) is 4.79 Å². The van der Waals surface area contributed by atoms with E-state index < -0.39 is 0 Å². The predicted molar refractivity (Wildman–Crippen MR) is 78.2 cm³/mol. The van der Waals surface area contributed by atoms with Crippen LogP contribution in [0, 0.1) is 11.2 Å². The van der Waals surface area contributed by atoms with Crippen molar-refractivity contribution in [2.24, 2.45) is 5.41 Å². The number of hydrogen-bond donors (Lipinski definition) is 1. The van der Waals surface area contributed by atoms with E-state index in [-0.39, 0.29) is 29.5 Å². The topological polar surface area (TPSA) is 32.3 Å². The van der Waals surface area contributed by atoms with Gasteiger partial charge in [-0.1, -0.05) is 12.1 Å². The molecule has 20 heavy (non-hydrogen) atoms. The number of nitrogens with zero attached hydrogens (tertiary/aromatic N) is 1. The highest BCUT2D eigenvalue weighted by molar-refractivity contribution is 5.85. The number of amides is 1. The average Bonchev–Trinajstić information content (AvgIpc) is 2.70. The first-order chi connectivity index (χ1) is 9.20. The number of rotatable bonds is 2. The smallest absolute Gasteiger partial charge is 0.229 e. The van der Waals surface area contributed by atoms with Gasteiger partial charge in [0.05, 0.1) is 5.41 Å². The van der Waals surface area contributed by atoms with Crippen molar-refractivity contribution in [2.45, 2.75) is 25.8 Å². The summed E-state index contributed by atoms with van der Waals surface area (Å²) >= 11 is 0. The van der Waals surface area contributed by atoms with Gasteiger partial charge in [0.2, 0.25) is 5.91 Å². The van der Waals surface area contributed by atoms with Crippen molar-refractivity contribution >= 4 is 18.3 Å². The molecule has 2 heterocycles. The molecule has 1 spiro atoms. The van der Waals surface area contributed by atoms with Crippen molar-refractivity contribution in [1.29, 1.82) is 0 Å². The summed E-state index contributed by atoms with van der Waals surface area (Å²) in [6, 6.07) is 6.53. The number of likely N-dealkylation sites (tertiary alicyclic amines) is 1. The summed E-state index contributed by atoms with van der Waals surface area (Å²) in [5, 5.41) is 3.31.